The second-order valence-corrected chi connectivity index (χ2v) is 7.69. The number of guanidine groups is 1. The number of hydrogen-bond donors (Lipinski definition) is 2. The number of ether oxygens (including phenoxy) is 1. The Hall–Kier alpha value is -2.28. The predicted octanol–water partition coefficient (Wildman–Crippen LogP) is 3.13. The summed E-state index contributed by atoms with van der Waals surface area (Å²) in [4.78, 5) is 9.39. The van der Waals surface area contributed by atoms with Crippen molar-refractivity contribution in [1.29, 1.82) is 0 Å². The number of rotatable bonds is 6. The van der Waals surface area contributed by atoms with E-state index in [1.807, 2.05) is 22.9 Å². The largest absolute Gasteiger partial charge is 0.496 e. The second kappa shape index (κ2) is 9.28. The van der Waals surface area contributed by atoms with E-state index in [-0.39, 0.29) is 6.04 Å². The topological polar surface area (TPSA) is 76.4 Å². The lowest BCUT2D eigenvalue weighted by Crippen LogP contribution is -2.47. The summed E-state index contributed by atoms with van der Waals surface area (Å²) in [5.74, 6) is 3.88. The number of nitrogens with one attached hydrogen (secondary N) is 2. The number of nitrogens with zero attached hydrogens (tertiary/aromatic N) is 4. The van der Waals surface area contributed by atoms with E-state index in [1.165, 1.54) is 0 Å². The van der Waals surface area contributed by atoms with Crippen LogP contribution in [0, 0.1) is 0 Å². The summed E-state index contributed by atoms with van der Waals surface area (Å²) in [5.41, 5.74) is 0.993. The van der Waals surface area contributed by atoms with Crippen molar-refractivity contribution >= 4 is 17.6 Å². The maximum atomic E-state index is 6.05. The molecule has 7 nitrogen and oxygen atoms in total. The van der Waals surface area contributed by atoms with Crippen molar-refractivity contribution < 1.29 is 4.74 Å². The average molecular weight is 405 g/mol. The SMILES string of the molecule is CCNC(=NCc1ccc(Cl)cc1OC)NC1CCc2nc(C(C)C)nn2C1. The van der Waals surface area contributed by atoms with E-state index < -0.39 is 0 Å². The van der Waals surface area contributed by atoms with Crippen LogP contribution >= 0.6 is 11.6 Å². The van der Waals surface area contributed by atoms with Crippen LogP contribution in [0.5, 0.6) is 5.75 Å². The highest BCUT2D eigenvalue weighted by atomic mass is 35.5. The van der Waals surface area contributed by atoms with Crippen LogP contribution < -0.4 is 15.4 Å². The molecular formula is C20H29ClN6O. The van der Waals surface area contributed by atoms with Gasteiger partial charge in [0.2, 0.25) is 0 Å². The normalized spacial score (nSPS) is 16.8. The minimum absolute atomic E-state index is 0.263. The minimum Gasteiger partial charge on any atom is -0.496 e. The Morgan fingerprint density at radius 2 is 2.25 bits per heavy atom. The highest BCUT2D eigenvalue weighted by molar-refractivity contribution is 6.30. The first-order valence-corrected chi connectivity index (χ1v) is 10.2. The van der Waals surface area contributed by atoms with Crippen LogP contribution in [-0.4, -0.2) is 40.4 Å². The zero-order valence-electron chi connectivity index (χ0n) is 17.0. The summed E-state index contributed by atoms with van der Waals surface area (Å²) in [6.07, 6.45) is 1.92. The van der Waals surface area contributed by atoms with Crippen molar-refractivity contribution in [3.63, 3.8) is 0 Å². The summed E-state index contributed by atoms with van der Waals surface area (Å²) >= 11 is 6.05. The molecule has 1 aromatic carbocycles. The molecule has 0 bridgehead atoms. The lowest BCUT2D eigenvalue weighted by atomic mass is 10.1. The number of aliphatic imine (C=N–C) groups is 1. The zero-order valence-corrected chi connectivity index (χ0v) is 17.8. The minimum atomic E-state index is 0.263. The van der Waals surface area contributed by atoms with Crippen LogP contribution in [0.1, 0.15) is 50.3 Å². The summed E-state index contributed by atoms with van der Waals surface area (Å²) in [5, 5.41) is 12.2. The molecule has 3 rings (SSSR count). The van der Waals surface area contributed by atoms with Gasteiger partial charge in [-0.15, -0.1) is 0 Å². The van der Waals surface area contributed by atoms with Gasteiger partial charge in [-0.1, -0.05) is 31.5 Å². The van der Waals surface area contributed by atoms with Gasteiger partial charge in [-0.05, 0) is 25.5 Å². The first-order chi connectivity index (χ1) is 13.5. The molecule has 0 saturated heterocycles. The molecule has 1 atom stereocenters. The molecule has 1 aliphatic heterocycles. The third-order valence-electron chi connectivity index (χ3n) is 4.73. The van der Waals surface area contributed by atoms with Gasteiger partial charge in [-0.3, -0.25) is 0 Å². The molecule has 2 aromatic rings. The van der Waals surface area contributed by atoms with Gasteiger partial charge in [0.25, 0.3) is 0 Å². The lowest BCUT2D eigenvalue weighted by Gasteiger charge is -2.25. The fraction of sp³-hybridized carbons (Fsp3) is 0.550. The first kappa shape index (κ1) is 20.5. The highest BCUT2D eigenvalue weighted by Crippen LogP contribution is 2.23. The monoisotopic (exact) mass is 404 g/mol. The Bertz CT molecular complexity index is 832. The Morgan fingerprint density at radius 1 is 1.43 bits per heavy atom. The van der Waals surface area contributed by atoms with Crippen LogP contribution in [0.3, 0.4) is 0 Å². The number of aryl methyl sites for hydroxylation is 1. The van der Waals surface area contributed by atoms with Gasteiger partial charge < -0.3 is 15.4 Å². The van der Waals surface area contributed by atoms with Crippen LogP contribution in [0.25, 0.3) is 0 Å². The summed E-state index contributed by atoms with van der Waals surface area (Å²) < 4.78 is 7.45. The molecular weight excluding hydrogens is 376 g/mol. The maximum Gasteiger partial charge on any atom is 0.191 e. The molecule has 0 saturated carbocycles. The predicted molar refractivity (Wildman–Crippen MR) is 112 cm³/mol. The second-order valence-electron chi connectivity index (χ2n) is 7.25. The van der Waals surface area contributed by atoms with Gasteiger partial charge in [-0.25, -0.2) is 14.7 Å². The Morgan fingerprint density at radius 3 is 2.96 bits per heavy atom. The van der Waals surface area contributed by atoms with Crippen LogP contribution in [0.2, 0.25) is 5.02 Å². The van der Waals surface area contributed by atoms with E-state index in [9.17, 15) is 0 Å². The fourth-order valence-corrected chi connectivity index (χ4v) is 3.38. The maximum absolute atomic E-state index is 6.05. The van der Waals surface area contributed by atoms with Gasteiger partial charge in [0.1, 0.15) is 11.6 Å². The van der Waals surface area contributed by atoms with Crippen molar-refractivity contribution in [2.75, 3.05) is 13.7 Å². The zero-order chi connectivity index (χ0) is 20.1. The average Bonchev–Trinajstić information content (AvgIpc) is 3.10. The smallest absolute Gasteiger partial charge is 0.191 e. The molecule has 1 aliphatic rings. The molecule has 28 heavy (non-hydrogen) atoms. The molecule has 0 aliphatic carbocycles. The van der Waals surface area contributed by atoms with Gasteiger partial charge >= 0.3 is 0 Å². The van der Waals surface area contributed by atoms with E-state index in [0.29, 0.717) is 17.5 Å². The van der Waals surface area contributed by atoms with Gasteiger partial charge in [0.05, 0.1) is 20.2 Å². The van der Waals surface area contributed by atoms with Crippen molar-refractivity contribution in [3.05, 3.63) is 40.4 Å². The lowest BCUT2D eigenvalue weighted by molar-refractivity contribution is 0.391. The van der Waals surface area contributed by atoms with E-state index in [4.69, 9.17) is 21.3 Å². The molecule has 1 aromatic heterocycles. The summed E-state index contributed by atoms with van der Waals surface area (Å²) in [6, 6.07) is 5.88. The standard InChI is InChI=1S/C20H29ClN6O/c1-5-22-20(23-11-14-6-7-15(21)10-17(14)28-4)24-16-8-9-18-25-19(13(2)3)26-27(18)12-16/h6-7,10,13,16H,5,8-9,11-12H2,1-4H3,(H2,22,23,24). The summed E-state index contributed by atoms with van der Waals surface area (Å²) in [7, 11) is 1.64. The first-order valence-electron chi connectivity index (χ1n) is 9.81. The Balaban J connectivity index is 1.68. The van der Waals surface area contributed by atoms with Crippen molar-refractivity contribution in [2.24, 2.45) is 4.99 Å². The van der Waals surface area contributed by atoms with E-state index in [0.717, 1.165) is 54.9 Å². The molecule has 152 valence electrons. The van der Waals surface area contributed by atoms with Crippen molar-refractivity contribution in [3.8, 4) is 5.75 Å². The van der Waals surface area contributed by atoms with Crippen LogP contribution in [-0.2, 0) is 19.5 Å². The number of hydrogen-bond acceptors (Lipinski definition) is 4. The van der Waals surface area contributed by atoms with Gasteiger partial charge in [-0.2, -0.15) is 5.10 Å². The number of benzene rings is 1. The molecule has 0 fully saturated rings. The Kier molecular flexibility index (Phi) is 6.78. The Labute approximate surface area is 171 Å². The van der Waals surface area contributed by atoms with Crippen LogP contribution in [0.4, 0.5) is 0 Å². The van der Waals surface area contributed by atoms with Crippen LogP contribution in [0.15, 0.2) is 23.2 Å². The van der Waals surface area contributed by atoms with E-state index in [2.05, 4.69) is 41.5 Å². The molecule has 8 heteroatoms. The third kappa shape index (κ3) is 4.95. The molecule has 0 spiro atoms. The van der Waals surface area contributed by atoms with Gasteiger partial charge in [0, 0.05) is 35.5 Å². The van der Waals surface area contributed by atoms with Gasteiger partial charge in [0.15, 0.2) is 11.8 Å². The summed E-state index contributed by atoms with van der Waals surface area (Å²) in [6.45, 7) is 8.40. The molecule has 0 amide bonds. The molecule has 1 unspecified atom stereocenters. The number of halogens is 1. The molecule has 2 heterocycles. The van der Waals surface area contributed by atoms with E-state index in [1.54, 1.807) is 7.11 Å². The van der Waals surface area contributed by atoms with Crippen molar-refractivity contribution in [1.82, 2.24) is 25.4 Å². The third-order valence-corrected chi connectivity index (χ3v) is 4.97. The van der Waals surface area contributed by atoms with Crippen molar-refractivity contribution in [2.45, 2.75) is 58.7 Å². The number of methoxy groups -OCH3 is 1. The number of fused-ring (bicyclic) bond motifs is 1. The fourth-order valence-electron chi connectivity index (χ4n) is 3.22. The highest BCUT2D eigenvalue weighted by Gasteiger charge is 2.23. The number of aromatic nitrogens is 3. The van der Waals surface area contributed by atoms with E-state index >= 15 is 0 Å². The molecule has 0 radical (unpaired) electrons. The molecule has 2 N–H and O–H groups in total. The quantitative estimate of drug-likeness (QED) is 0.571.